The molecule has 0 spiro atoms. The van der Waals surface area contributed by atoms with Crippen LogP contribution >= 0.6 is 0 Å². The number of carbonyl (C=O) groups excluding carboxylic acids is 2. The Morgan fingerprint density at radius 3 is 2.48 bits per heavy atom. The number of para-hydroxylation sites is 1. The number of nitrogens with zero attached hydrogens (tertiary/aromatic N) is 1. The summed E-state index contributed by atoms with van der Waals surface area (Å²) in [4.78, 5) is 28.7. The van der Waals surface area contributed by atoms with E-state index in [4.69, 9.17) is 9.47 Å². The highest BCUT2D eigenvalue weighted by Gasteiger charge is 2.45. The van der Waals surface area contributed by atoms with Gasteiger partial charge in [-0.25, -0.2) is 0 Å². The molecule has 0 bridgehead atoms. The van der Waals surface area contributed by atoms with E-state index in [-0.39, 0.29) is 5.57 Å². The fraction of sp³-hybridized carbons (Fsp3) is 0.333. The summed E-state index contributed by atoms with van der Waals surface area (Å²) in [6.07, 6.45) is 0.702. The van der Waals surface area contributed by atoms with Crippen LogP contribution in [0.4, 0.5) is 0 Å². The summed E-state index contributed by atoms with van der Waals surface area (Å²) in [5.41, 5.74) is 0.864. The number of hydrogen-bond acceptors (Lipinski definition) is 5. The lowest BCUT2D eigenvalue weighted by molar-refractivity contribution is -0.858. The second kappa shape index (κ2) is 9.66. The molecule has 1 amide bonds. The van der Waals surface area contributed by atoms with Crippen molar-refractivity contribution in [1.82, 2.24) is 4.90 Å². The molecule has 1 aliphatic heterocycles. The van der Waals surface area contributed by atoms with Crippen molar-refractivity contribution < 1.29 is 29.1 Å². The average Bonchev–Trinajstić information content (AvgIpc) is 3.03. The molecule has 2 aromatic rings. The highest BCUT2D eigenvalue weighted by Crippen LogP contribution is 2.42. The number of ether oxygens (including phenoxy) is 2. The monoisotopic (exact) mass is 424 g/mol. The Kier molecular flexibility index (Phi) is 6.97. The molecule has 164 valence electrons. The second-order valence-electron chi connectivity index (χ2n) is 7.76. The minimum atomic E-state index is -0.799. The number of benzene rings is 2. The van der Waals surface area contributed by atoms with Gasteiger partial charge < -0.3 is 24.4 Å². The molecule has 1 aliphatic rings. The predicted molar refractivity (Wildman–Crippen MR) is 115 cm³/mol. The van der Waals surface area contributed by atoms with Gasteiger partial charge in [-0.1, -0.05) is 36.1 Å². The van der Waals surface area contributed by atoms with Gasteiger partial charge in [0.1, 0.15) is 11.5 Å². The summed E-state index contributed by atoms with van der Waals surface area (Å²) >= 11 is 0. The quantitative estimate of drug-likeness (QED) is 0.378. The van der Waals surface area contributed by atoms with E-state index < -0.39 is 23.5 Å². The maximum atomic E-state index is 13.4. The highest BCUT2D eigenvalue weighted by molar-refractivity contribution is 6.46. The van der Waals surface area contributed by atoms with Gasteiger partial charge in [-0.3, -0.25) is 9.59 Å². The van der Waals surface area contributed by atoms with Crippen LogP contribution in [0, 0.1) is 0 Å². The topological polar surface area (TPSA) is 83.3 Å². The average molecular weight is 424 g/mol. The summed E-state index contributed by atoms with van der Waals surface area (Å²) in [6.45, 7) is 1.20. The van der Waals surface area contributed by atoms with Crippen LogP contribution in [-0.2, 0) is 9.59 Å². The van der Waals surface area contributed by atoms with Gasteiger partial charge in [0.2, 0.25) is 5.78 Å². The van der Waals surface area contributed by atoms with Gasteiger partial charge in [-0.15, -0.1) is 0 Å². The van der Waals surface area contributed by atoms with Crippen LogP contribution in [-0.4, -0.2) is 58.0 Å². The van der Waals surface area contributed by atoms with Gasteiger partial charge in [-0.05, 0) is 23.8 Å². The van der Waals surface area contributed by atoms with Crippen LogP contribution in [0.3, 0.4) is 0 Å². The molecule has 1 unspecified atom stereocenters. The van der Waals surface area contributed by atoms with Crippen molar-refractivity contribution in [2.75, 3.05) is 41.4 Å². The van der Waals surface area contributed by atoms with Gasteiger partial charge in [0.15, 0.2) is 0 Å². The Labute approximate surface area is 182 Å². The summed E-state index contributed by atoms with van der Waals surface area (Å²) < 4.78 is 10.7. The molecule has 0 aliphatic carbocycles. The Morgan fingerprint density at radius 1 is 1.06 bits per heavy atom. The van der Waals surface area contributed by atoms with E-state index in [0.29, 0.717) is 35.6 Å². The fourth-order valence-electron chi connectivity index (χ4n) is 3.84. The third-order valence-electron chi connectivity index (χ3n) is 5.37. The second-order valence-corrected chi connectivity index (χ2v) is 7.76. The maximum Gasteiger partial charge on any atom is 0.295 e. The van der Waals surface area contributed by atoms with Crippen LogP contribution in [0.5, 0.6) is 11.5 Å². The van der Waals surface area contributed by atoms with Gasteiger partial charge in [0, 0.05) is 24.1 Å². The largest absolute Gasteiger partial charge is 0.872 e. The number of amides is 1. The molecular weight excluding hydrogens is 396 g/mol. The molecule has 1 N–H and O–H groups in total. The normalized spacial score (nSPS) is 18.0. The van der Waals surface area contributed by atoms with Crippen molar-refractivity contribution in [2.24, 2.45) is 0 Å². The lowest BCUT2D eigenvalue weighted by Gasteiger charge is -2.28. The summed E-state index contributed by atoms with van der Waals surface area (Å²) in [5.74, 6) is -0.872. The molecule has 7 nitrogen and oxygen atoms in total. The van der Waals surface area contributed by atoms with Crippen molar-refractivity contribution in [2.45, 2.75) is 12.5 Å². The molecule has 0 radical (unpaired) electrons. The first-order valence-corrected chi connectivity index (χ1v) is 10.2. The molecule has 3 rings (SSSR count). The number of hydrogen-bond donors (Lipinski definition) is 1. The van der Waals surface area contributed by atoms with Crippen LogP contribution in [0.25, 0.3) is 5.76 Å². The fourth-order valence-corrected chi connectivity index (χ4v) is 3.84. The zero-order valence-electron chi connectivity index (χ0n) is 18.3. The van der Waals surface area contributed by atoms with Gasteiger partial charge in [0.05, 0.1) is 40.9 Å². The third kappa shape index (κ3) is 4.56. The molecule has 2 aromatic carbocycles. The van der Waals surface area contributed by atoms with Gasteiger partial charge >= 0.3 is 0 Å². The van der Waals surface area contributed by atoms with Gasteiger partial charge in [0.25, 0.3) is 5.91 Å². The number of likely N-dealkylation sites (tertiary alicyclic amines) is 1. The first kappa shape index (κ1) is 22.4. The Bertz CT molecular complexity index is 999. The van der Waals surface area contributed by atoms with Crippen molar-refractivity contribution >= 4 is 17.4 Å². The number of quaternary nitrogens is 1. The van der Waals surface area contributed by atoms with E-state index >= 15 is 0 Å². The lowest BCUT2D eigenvalue weighted by atomic mass is 9.94. The summed E-state index contributed by atoms with van der Waals surface area (Å²) in [6, 6.07) is 13.0. The third-order valence-corrected chi connectivity index (χ3v) is 5.37. The van der Waals surface area contributed by atoms with E-state index in [9.17, 15) is 14.7 Å². The number of ketones is 1. The molecule has 1 heterocycles. The molecule has 1 fully saturated rings. The SMILES string of the molecule is COc1cccc(C([O-])=C2C(=O)C(=O)N(CCC[NH+](C)C)C2c2ccccc2OC)c1. The van der Waals surface area contributed by atoms with Crippen molar-refractivity contribution in [3.8, 4) is 11.5 Å². The first-order chi connectivity index (χ1) is 14.9. The van der Waals surface area contributed by atoms with E-state index in [0.717, 1.165) is 6.54 Å². The minimum Gasteiger partial charge on any atom is -0.872 e. The molecule has 7 heteroatoms. The zero-order valence-corrected chi connectivity index (χ0v) is 18.3. The number of carbonyl (C=O) groups is 2. The predicted octanol–water partition coefficient (Wildman–Crippen LogP) is 0.462. The molecule has 0 saturated carbocycles. The maximum absolute atomic E-state index is 13.4. The standard InChI is InChI=1S/C24H28N2O5/c1-25(2)13-8-14-26-21(18-11-5-6-12-19(18)31-4)20(23(28)24(26)29)22(27)16-9-7-10-17(15-16)30-3/h5-7,9-12,15,21,27H,8,13-14H2,1-4H3. The number of methoxy groups -OCH3 is 2. The van der Waals surface area contributed by atoms with E-state index in [1.165, 1.54) is 24.0 Å². The van der Waals surface area contributed by atoms with Crippen LogP contribution < -0.4 is 19.5 Å². The number of nitrogens with one attached hydrogen (secondary N) is 1. The summed E-state index contributed by atoms with van der Waals surface area (Å²) in [5, 5.41) is 13.4. The van der Waals surface area contributed by atoms with Crippen LogP contribution in [0.1, 0.15) is 23.6 Å². The molecule has 1 saturated heterocycles. The van der Waals surface area contributed by atoms with Crippen LogP contribution in [0.2, 0.25) is 0 Å². The molecular formula is C24H28N2O5. The highest BCUT2D eigenvalue weighted by atomic mass is 16.5. The number of Topliss-reactive ketones (excluding diaryl/α,β-unsaturated/α-hetero) is 1. The zero-order chi connectivity index (χ0) is 22.5. The molecule has 0 aromatic heterocycles. The molecule has 31 heavy (non-hydrogen) atoms. The van der Waals surface area contributed by atoms with Crippen molar-refractivity contribution in [3.63, 3.8) is 0 Å². The molecule has 1 atom stereocenters. The van der Waals surface area contributed by atoms with E-state index in [2.05, 4.69) is 0 Å². The van der Waals surface area contributed by atoms with E-state index in [1.54, 1.807) is 42.5 Å². The minimum absolute atomic E-state index is 0.0556. The lowest BCUT2D eigenvalue weighted by Crippen LogP contribution is -3.05. The summed E-state index contributed by atoms with van der Waals surface area (Å²) in [7, 11) is 7.09. The Morgan fingerprint density at radius 2 is 1.81 bits per heavy atom. The van der Waals surface area contributed by atoms with Crippen molar-refractivity contribution in [1.29, 1.82) is 0 Å². The first-order valence-electron chi connectivity index (χ1n) is 10.2. The Balaban J connectivity index is 2.15. The van der Waals surface area contributed by atoms with Gasteiger partial charge in [-0.2, -0.15) is 0 Å². The van der Waals surface area contributed by atoms with E-state index in [1.807, 2.05) is 20.2 Å². The van der Waals surface area contributed by atoms with Crippen molar-refractivity contribution in [3.05, 3.63) is 65.2 Å². The Hall–Kier alpha value is -3.32. The number of rotatable bonds is 8. The van der Waals surface area contributed by atoms with Crippen LogP contribution in [0.15, 0.2) is 54.1 Å². The smallest absolute Gasteiger partial charge is 0.295 e.